The van der Waals surface area contributed by atoms with Gasteiger partial charge in [0.1, 0.15) is 6.54 Å². The fraction of sp³-hybridized carbons (Fsp3) is 0.167. The molecule has 0 fully saturated rings. The van der Waals surface area contributed by atoms with E-state index in [0.717, 1.165) is 0 Å². The standard InChI is InChI=1S/C18H15ClN6O2S/c1-11(17(27)24-10-16(26)20-14-7-2-3-8-15(14)24)28-18-21-22-23-25(18)13-6-4-5-12(19)9-13/h2-9,11H,10H2,1H3,(H,20,26)/t11-/m0/s1. The topological polar surface area (TPSA) is 93.0 Å². The average Bonchev–Trinajstić information content (AvgIpc) is 3.14. The van der Waals surface area contributed by atoms with E-state index < -0.39 is 5.25 Å². The molecular weight excluding hydrogens is 400 g/mol. The van der Waals surface area contributed by atoms with Crippen LogP contribution in [0.15, 0.2) is 53.7 Å². The highest BCUT2D eigenvalue weighted by molar-refractivity contribution is 8.00. The summed E-state index contributed by atoms with van der Waals surface area (Å²) in [5, 5.41) is 15.0. The predicted molar refractivity (Wildman–Crippen MR) is 107 cm³/mol. The van der Waals surface area contributed by atoms with Crippen molar-refractivity contribution in [3.05, 3.63) is 53.6 Å². The van der Waals surface area contributed by atoms with Gasteiger partial charge in [-0.3, -0.25) is 14.5 Å². The Morgan fingerprint density at radius 3 is 2.89 bits per heavy atom. The number of para-hydroxylation sites is 2. The minimum absolute atomic E-state index is 0.0278. The van der Waals surface area contributed by atoms with Gasteiger partial charge in [0.25, 0.3) is 0 Å². The first-order valence-electron chi connectivity index (χ1n) is 8.44. The largest absolute Gasteiger partial charge is 0.323 e. The second-order valence-corrected chi connectivity index (χ2v) is 7.85. The lowest BCUT2D eigenvalue weighted by Crippen LogP contribution is -2.45. The van der Waals surface area contributed by atoms with Gasteiger partial charge >= 0.3 is 0 Å². The molecule has 8 nitrogen and oxygen atoms in total. The number of benzene rings is 2. The van der Waals surface area contributed by atoms with Crippen LogP contribution >= 0.6 is 23.4 Å². The number of thioether (sulfide) groups is 1. The number of amides is 2. The van der Waals surface area contributed by atoms with Crippen molar-refractivity contribution in [2.75, 3.05) is 16.8 Å². The second-order valence-electron chi connectivity index (χ2n) is 6.10. The first kappa shape index (κ1) is 18.5. The number of fused-ring (bicyclic) bond motifs is 1. The number of hydrogen-bond acceptors (Lipinski definition) is 6. The molecule has 0 bridgehead atoms. The number of nitrogens with zero attached hydrogens (tertiary/aromatic N) is 5. The van der Waals surface area contributed by atoms with Crippen LogP contribution in [0, 0.1) is 0 Å². The summed E-state index contributed by atoms with van der Waals surface area (Å²) in [7, 11) is 0. The third kappa shape index (κ3) is 3.58. The summed E-state index contributed by atoms with van der Waals surface area (Å²) in [6, 6.07) is 14.3. The maximum absolute atomic E-state index is 13.1. The van der Waals surface area contributed by atoms with Crippen molar-refractivity contribution < 1.29 is 9.59 Å². The van der Waals surface area contributed by atoms with Crippen LogP contribution in [-0.4, -0.2) is 43.8 Å². The molecule has 2 aromatic carbocycles. The molecule has 1 atom stereocenters. The van der Waals surface area contributed by atoms with Crippen LogP contribution in [0.25, 0.3) is 5.69 Å². The molecule has 4 rings (SSSR count). The first-order valence-corrected chi connectivity index (χ1v) is 9.70. The number of halogens is 1. The highest BCUT2D eigenvalue weighted by Gasteiger charge is 2.31. The third-order valence-electron chi connectivity index (χ3n) is 4.16. The molecule has 2 heterocycles. The number of carbonyl (C=O) groups is 2. The van der Waals surface area contributed by atoms with E-state index in [1.165, 1.54) is 21.3 Å². The van der Waals surface area contributed by atoms with Gasteiger partial charge in [-0.25, -0.2) is 0 Å². The van der Waals surface area contributed by atoms with E-state index in [1.54, 1.807) is 37.3 Å². The molecule has 1 aliphatic heterocycles. The van der Waals surface area contributed by atoms with Crippen LogP contribution in [0.4, 0.5) is 11.4 Å². The van der Waals surface area contributed by atoms with E-state index in [1.807, 2.05) is 18.2 Å². The number of carbonyl (C=O) groups excluding carboxylic acids is 2. The Morgan fingerprint density at radius 2 is 2.07 bits per heavy atom. The van der Waals surface area contributed by atoms with E-state index in [-0.39, 0.29) is 18.4 Å². The second kappa shape index (κ2) is 7.61. The highest BCUT2D eigenvalue weighted by atomic mass is 35.5. The molecule has 1 aliphatic rings. The molecule has 0 radical (unpaired) electrons. The number of anilines is 2. The molecule has 0 saturated carbocycles. The number of hydrogen-bond donors (Lipinski definition) is 1. The molecular formula is C18H15ClN6O2S. The molecule has 28 heavy (non-hydrogen) atoms. The van der Waals surface area contributed by atoms with E-state index in [4.69, 9.17) is 11.6 Å². The minimum atomic E-state index is -0.511. The maximum atomic E-state index is 13.1. The fourth-order valence-electron chi connectivity index (χ4n) is 2.88. The Kier molecular flexibility index (Phi) is 5.01. The van der Waals surface area contributed by atoms with Gasteiger partial charge in [0.2, 0.25) is 17.0 Å². The molecule has 1 N–H and O–H groups in total. The van der Waals surface area contributed by atoms with E-state index >= 15 is 0 Å². The molecule has 142 valence electrons. The number of rotatable bonds is 4. The first-order chi connectivity index (χ1) is 13.5. The zero-order chi connectivity index (χ0) is 19.7. The van der Waals surface area contributed by atoms with Crippen LogP contribution in [0.5, 0.6) is 0 Å². The lowest BCUT2D eigenvalue weighted by molar-refractivity contribution is -0.121. The Labute approximate surface area is 169 Å². The quantitative estimate of drug-likeness (QED) is 0.660. The summed E-state index contributed by atoms with van der Waals surface area (Å²) in [5.74, 6) is -0.430. The van der Waals surface area contributed by atoms with Gasteiger partial charge in [-0.1, -0.05) is 41.6 Å². The summed E-state index contributed by atoms with van der Waals surface area (Å²) in [6.45, 7) is 1.74. The predicted octanol–water partition coefficient (Wildman–Crippen LogP) is 2.78. The highest BCUT2D eigenvalue weighted by Crippen LogP contribution is 2.32. The molecule has 0 spiro atoms. The van der Waals surface area contributed by atoms with Gasteiger partial charge in [-0.2, -0.15) is 4.68 Å². The molecule has 0 saturated heterocycles. The summed E-state index contributed by atoms with van der Waals surface area (Å²) < 4.78 is 1.52. The van der Waals surface area contributed by atoms with Gasteiger partial charge in [-0.15, -0.1) is 5.10 Å². The van der Waals surface area contributed by atoms with Crippen molar-refractivity contribution in [3.63, 3.8) is 0 Å². The molecule has 1 aromatic heterocycles. The Morgan fingerprint density at radius 1 is 1.25 bits per heavy atom. The molecule has 2 amide bonds. The lowest BCUT2D eigenvalue weighted by atomic mass is 10.2. The Bertz CT molecular complexity index is 1060. The Balaban J connectivity index is 1.57. The van der Waals surface area contributed by atoms with Gasteiger partial charge in [0, 0.05) is 5.02 Å². The van der Waals surface area contributed by atoms with Crippen molar-refractivity contribution in [2.24, 2.45) is 0 Å². The maximum Gasteiger partial charge on any atom is 0.244 e. The number of tetrazole rings is 1. The zero-order valence-corrected chi connectivity index (χ0v) is 16.3. The van der Waals surface area contributed by atoms with Crippen LogP contribution < -0.4 is 10.2 Å². The van der Waals surface area contributed by atoms with Gasteiger partial charge in [0.15, 0.2) is 0 Å². The van der Waals surface area contributed by atoms with Crippen LogP contribution in [0.2, 0.25) is 5.02 Å². The SMILES string of the molecule is C[C@H](Sc1nnnn1-c1cccc(Cl)c1)C(=O)N1CC(=O)Nc2ccccc21. The van der Waals surface area contributed by atoms with E-state index in [9.17, 15) is 9.59 Å². The van der Waals surface area contributed by atoms with Crippen molar-refractivity contribution >= 4 is 46.6 Å². The summed E-state index contributed by atoms with van der Waals surface area (Å²) in [6.07, 6.45) is 0. The molecule has 0 unspecified atom stereocenters. The average molecular weight is 415 g/mol. The van der Waals surface area contributed by atoms with Gasteiger partial charge in [0.05, 0.1) is 22.3 Å². The van der Waals surface area contributed by atoms with Crippen LogP contribution in [0.1, 0.15) is 6.92 Å². The third-order valence-corrected chi connectivity index (χ3v) is 5.42. The van der Waals surface area contributed by atoms with Gasteiger partial charge < -0.3 is 5.32 Å². The minimum Gasteiger partial charge on any atom is -0.323 e. The van der Waals surface area contributed by atoms with E-state index in [2.05, 4.69) is 20.8 Å². The summed E-state index contributed by atoms with van der Waals surface area (Å²) in [4.78, 5) is 26.5. The van der Waals surface area contributed by atoms with Crippen molar-refractivity contribution in [3.8, 4) is 5.69 Å². The lowest BCUT2D eigenvalue weighted by Gasteiger charge is -2.30. The van der Waals surface area contributed by atoms with Gasteiger partial charge in [-0.05, 0) is 47.7 Å². The number of nitrogens with one attached hydrogen (secondary N) is 1. The van der Waals surface area contributed by atoms with Crippen LogP contribution in [-0.2, 0) is 9.59 Å². The fourth-order valence-corrected chi connectivity index (χ4v) is 3.93. The molecule has 3 aromatic rings. The molecule has 0 aliphatic carbocycles. The summed E-state index contributed by atoms with van der Waals surface area (Å²) >= 11 is 7.26. The van der Waals surface area contributed by atoms with Crippen molar-refractivity contribution in [2.45, 2.75) is 17.3 Å². The van der Waals surface area contributed by atoms with Crippen LogP contribution in [0.3, 0.4) is 0 Å². The summed E-state index contributed by atoms with van der Waals surface area (Å²) in [5.41, 5.74) is 1.99. The van der Waals surface area contributed by atoms with Crippen molar-refractivity contribution in [1.29, 1.82) is 0 Å². The smallest absolute Gasteiger partial charge is 0.244 e. The van der Waals surface area contributed by atoms with Crippen molar-refractivity contribution in [1.82, 2.24) is 20.2 Å². The number of aromatic nitrogens is 4. The molecule has 10 heteroatoms. The van der Waals surface area contributed by atoms with E-state index in [0.29, 0.717) is 27.2 Å². The Hall–Kier alpha value is -2.91. The zero-order valence-electron chi connectivity index (χ0n) is 14.7. The normalized spacial score (nSPS) is 14.4. The monoisotopic (exact) mass is 414 g/mol.